The van der Waals surface area contributed by atoms with E-state index in [4.69, 9.17) is 0 Å². The largest absolute Gasteiger partial charge is 0.332 e. The number of carbonyl (C=O) groups excluding carboxylic acids is 1. The number of amides is 1. The van der Waals surface area contributed by atoms with Crippen LogP contribution in [0.25, 0.3) is 0 Å². The molecule has 4 nitrogen and oxygen atoms in total. The lowest BCUT2D eigenvalue weighted by Crippen LogP contribution is -2.42. The van der Waals surface area contributed by atoms with Crippen molar-refractivity contribution in [2.75, 3.05) is 0 Å². The summed E-state index contributed by atoms with van der Waals surface area (Å²) in [6.45, 7) is 1.75. The van der Waals surface area contributed by atoms with Crippen LogP contribution in [0.2, 0.25) is 0 Å². The normalized spacial score (nSPS) is 21.7. The average molecular weight is 325 g/mol. The number of halogens is 1. The molecule has 24 heavy (non-hydrogen) atoms. The highest BCUT2D eigenvalue weighted by Crippen LogP contribution is 2.43. The fourth-order valence-corrected chi connectivity index (χ4v) is 3.98. The highest BCUT2D eigenvalue weighted by Gasteiger charge is 2.42. The van der Waals surface area contributed by atoms with Crippen LogP contribution in [0.15, 0.2) is 30.7 Å². The number of hydrogen-bond acceptors (Lipinski definition) is 3. The van der Waals surface area contributed by atoms with Crippen LogP contribution in [0, 0.1) is 12.7 Å². The molecular formula is C19H20FN3O. The first-order valence-electron chi connectivity index (χ1n) is 8.48. The molecule has 0 spiro atoms. The van der Waals surface area contributed by atoms with Gasteiger partial charge in [0.05, 0.1) is 11.7 Å². The topological polar surface area (TPSA) is 46.1 Å². The second-order valence-corrected chi connectivity index (χ2v) is 6.76. The van der Waals surface area contributed by atoms with Gasteiger partial charge in [-0.3, -0.25) is 4.79 Å². The van der Waals surface area contributed by atoms with E-state index in [0.717, 1.165) is 36.1 Å². The standard InChI is InChI=1S/C19H20FN3O/c1-12-2-3-13(8-16(12)20)4-7-19(24)23-14-5-6-18(23)15-10-21-11-22-17(15)9-14/h2-3,8,10-11,14,18H,4-7,9H2,1H3. The first-order valence-corrected chi connectivity index (χ1v) is 8.48. The summed E-state index contributed by atoms with van der Waals surface area (Å²) in [5.41, 5.74) is 3.69. The van der Waals surface area contributed by atoms with E-state index in [1.54, 1.807) is 19.3 Å². The van der Waals surface area contributed by atoms with Crippen LogP contribution >= 0.6 is 0 Å². The lowest BCUT2D eigenvalue weighted by atomic mass is 9.98. The quantitative estimate of drug-likeness (QED) is 0.871. The van der Waals surface area contributed by atoms with Gasteiger partial charge in [-0.05, 0) is 43.4 Å². The molecule has 1 fully saturated rings. The summed E-state index contributed by atoms with van der Waals surface area (Å²) in [5.74, 6) is -0.0537. The summed E-state index contributed by atoms with van der Waals surface area (Å²) in [7, 11) is 0. The van der Waals surface area contributed by atoms with E-state index >= 15 is 0 Å². The Morgan fingerprint density at radius 2 is 2.25 bits per heavy atom. The molecule has 4 rings (SSSR count). The van der Waals surface area contributed by atoms with E-state index in [1.165, 1.54) is 6.07 Å². The number of hydrogen-bond donors (Lipinski definition) is 0. The fraction of sp³-hybridized carbons (Fsp3) is 0.421. The van der Waals surface area contributed by atoms with E-state index in [-0.39, 0.29) is 23.8 Å². The molecule has 0 aliphatic carbocycles. The monoisotopic (exact) mass is 325 g/mol. The highest BCUT2D eigenvalue weighted by molar-refractivity contribution is 5.78. The van der Waals surface area contributed by atoms with Crippen LogP contribution in [0.3, 0.4) is 0 Å². The Morgan fingerprint density at radius 1 is 1.38 bits per heavy atom. The van der Waals surface area contributed by atoms with Gasteiger partial charge in [-0.1, -0.05) is 12.1 Å². The molecule has 2 unspecified atom stereocenters. The number of fused-ring (bicyclic) bond motifs is 4. The summed E-state index contributed by atoms with van der Waals surface area (Å²) in [4.78, 5) is 23.3. The van der Waals surface area contributed by atoms with Crippen molar-refractivity contribution in [2.45, 2.75) is 51.1 Å². The number of benzene rings is 1. The Morgan fingerprint density at radius 3 is 3.08 bits per heavy atom. The number of aryl methyl sites for hydroxylation is 2. The molecule has 0 radical (unpaired) electrons. The fourth-order valence-electron chi connectivity index (χ4n) is 3.98. The van der Waals surface area contributed by atoms with Gasteiger partial charge < -0.3 is 4.90 Å². The minimum Gasteiger partial charge on any atom is -0.332 e. The molecule has 2 atom stereocenters. The average Bonchev–Trinajstić information content (AvgIpc) is 2.91. The zero-order valence-corrected chi connectivity index (χ0v) is 13.7. The molecule has 2 bridgehead atoms. The third kappa shape index (κ3) is 2.58. The predicted molar refractivity (Wildman–Crippen MR) is 87.8 cm³/mol. The van der Waals surface area contributed by atoms with E-state index in [0.29, 0.717) is 18.4 Å². The van der Waals surface area contributed by atoms with Gasteiger partial charge in [-0.25, -0.2) is 14.4 Å². The van der Waals surface area contributed by atoms with Crippen molar-refractivity contribution in [1.29, 1.82) is 0 Å². The number of aromatic nitrogens is 2. The second-order valence-electron chi connectivity index (χ2n) is 6.76. The Kier molecular flexibility index (Phi) is 3.79. The van der Waals surface area contributed by atoms with Crippen molar-refractivity contribution >= 4 is 5.91 Å². The lowest BCUT2D eigenvalue weighted by Gasteiger charge is -2.35. The SMILES string of the molecule is Cc1ccc(CCC(=O)N2C3CCC2c2cncnc2C3)cc1F. The van der Waals surface area contributed by atoms with Crippen molar-refractivity contribution in [2.24, 2.45) is 0 Å². The van der Waals surface area contributed by atoms with Gasteiger partial charge in [0.2, 0.25) is 5.91 Å². The van der Waals surface area contributed by atoms with Crippen molar-refractivity contribution in [3.63, 3.8) is 0 Å². The van der Waals surface area contributed by atoms with E-state index in [1.807, 2.05) is 17.2 Å². The molecule has 2 aliphatic heterocycles. The molecule has 1 saturated heterocycles. The minimum absolute atomic E-state index is 0.113. The van der Waals surface area contributed by atoms with Crippen molar-refractivity contribution in [1.82, 2.24) is 14.9 Å². The summed E-state index contributed by atoms with van der Waals surface area (Å²) in [6.07, 6.45) is 7.25. The van der Waals surface area contributed by atoms with Crippen molar-refractivity contribution in [3.05, 3.63) is 58.9 Å². The Hall–Kier alpha value is -2.30. The van der Waals surface area contributed by atoms with E-state index in [2.05, 4.69) is 9.97 Å². The molecule has 1 aromatic heterocycles. The zero-order valence-electron chi connectivity index (χ0n) is 13.7. The molecule has 5 heteroatoms. The molecule has 124 valence electrons. The van der Waals surface area contributed by atoms with Gasteiger partial charge in [0, 0.05) is 30.6 Å². The smallest absolute Gasteiger partial charge is 0.223 e. The van der Waals surface area contributed by atoms with Gasteiger partial charge in [0.25, 0.3) is 0 Å². The maximum absolute atomic E-state index is 13.6. The lowest BCUT2D eigenvalue weighted by molar-refractivity contribution is -0.134. The molecule has 2 aliphatic rings. The van der Waals surface area contributed by atoms with Gasteiger partial charge in [-0.15, -0.1) is 0 Å². The first-order chi connectivity index (χ1) is 11.6. The molecular weight excluding hydrogens is 305 g/mol. The van der Waals surface area contributed by atoms with Crippen LogP contribution in [-0.2, 0) is 17.6 Å². The minimum atomic E-state index is -0.205. The van der Waals surface area contributed by atoms with E-state index < -0.39 is 0 Å². The molecule has 0 N–H and O–H groups in total. The van der Waals surface area contributed by atoms with Crippen molar-refractivity contribution in [3.8, 4) is 0 Å². The highest BCUT2D eigenvalue weighted by atomic mass is 19.1. The van der Waals surface area contributed by atoms with Crippen LogP contribution < -0.4 is 0 Å². The maximum Gasteiger partial charge on any atom is 0.223 e. The molecule has 0 saturated carbocycles. The molecule has 1 aromatic carbocycles. The van der Waals surface area contributed by atoms with Crippen LogP contribution in [-0.4, -0.2) is 26.8 Å². The van der Waals surface area contributed by atoms with Crippen LogP contribution in [0.5, 0.6) is 0 Å². The summed E-state index contributed by atoms with van der Waals surface area (Å²) in [5, 5.41) is 0. The summed E-state index contributed by atoms with van der Waals surface area (Å²) in [6, 6.07) is 5.57. The predicted octanol–water partition coefficient (Wildman–Crippen LogP) is 3.15. The Labute approximate surface area is 140 Å². The van der Waals surface area contributed by atoms with Gasteiger partial charge in [-0.2, -0.15) is 0 Å². The third-order valence-corrected chi connectivity index (χ3v) is 5.27. The number of carbonyl (C=O) groups is 1. The maximum atomic E-state index is 13.6. The van der Waals surface area contributed by atoms with Crippen molar-refractivity contribution < 1.29 is 9.18 Å². The van der Waals surface area contributed by atoms with Gasteiger partial charge >= 0.3 is 0 Å². The van der Waals surface area contributed by atoms with Crippen LogP contribution in [0.1, 0.15) is 47.7 Å². The summed E-state index contributed by atoms with van der Waals surface area (Å²) < 4.78 is 13.6. The molecule has 2 aromatic rings. The first kappa shape index (κ1) is 15.2. The second kappa shape index (κ2) is 5.96. The number of rotatable bonds is 3. The molecule has 3 heterocycles. The van der Waals surface area contributed by atoms with Gasteiger partial charge in [0.15, 0.2) is 0 Å². The third-order valence-electron chi connectivity index (χ3n) is 5.27. The Balaban J connectivity index is 1.48. The van der Waals surface area contributed by atoms with Crippen LogP contribution in [0.4, 0.5) is 4.39 Å². The number of nitrogens with zero attached hydrogens (tertiary/aromatic N) is 3. The Bertz CT molecular complexity index is 792. The zero-order chi connectivity index (χ0) is 16.7. The summed E-state index contributed by atoms with van der Waals surface area (Å²) >= 11 is 0. The van der Waals surface area contributed by atoms with Gasteiger partial charge in [0.1, 0.15) is 12.1 Å². The molecule has 1 amide bonds. The van der Waals surface area contributed by atoms with E-state index in [9.17, 15) is 9.18 Å².